The number of Topliss-reactive ketones (excluding diaryl/α,β-unsaturated/α-hetero) is 2. The van der Waals surface area contributed by atoms with Crippen molar-refractivity contribution in [2.75, 3.05) is 26.4 Å². The van der Waals surface area contributed by atoms with Crippen molar-refractivity contribution in [3.63, 3.8) is 0 Å². The maximum absolute atomic E-state index is 13.4. The third-order valence-electron chi connectivity index (χ3n) is 10.0. The lowest BCUT2D eigenvalue weighted by molar-refractivity contribution is 0.0973. The van der Waals surface area contributed by atoms with Gasteiger partial charge in [-0.25, -0.2) is 0 Å². The summed E-state index contributed by atoms with van der Waals surface area (Å²) in [6, 6.07) is 7.27. The molecule has 1 aliphatic carbocycles. The van der Waals surface area contributed by atoms with Gasteiger partial charge in [-0.1, -0.05) is 186 Å². The zero-order chi connectivity index (χ0) is 38.7. The van der Waals surface area contributed by atoms with Crippen LogP contribution in [0.5, 0.6) is 0 Å². The number of ketones is 2. The van der Waals surface area contributed by atoms with Crippen LogP contribution in [0.2, 0.25) is 0 Å². The Kier molecular flexibility index (Phi) is 25.6. The summed E-state index contributed by atoms with van der Waals surface area (Å²) in [5, 5.41) is 0. The van der Waals surface area contributed by atoms with Gasteiger partial charge in [-0.3, -0.25) is 9.59 Å². The number of hydrogen-bond acceptors (Lipinski definition) is 5. The predicted octanol–water partition coefficient (Wildman–Crippen LogP) is 14.6. The highest BCUT2D eigenvalue weighted by atomic mass is 33.1. The molecular formula is C48H73NO2S2. The fraction of sp³-hybridized carbons (Fsp3) is 0.583. The molecule has 0 amide bonds. The Bertz CT molecular complexity index is 1380. The summed E-state index contributed by atoms with van der Waals surface area (Å²) in [5.41, 5.74) is 2.37. The van der Waals surface area contributed by atoms with Gasteiger partial charge in [0.25, 0.3) is 0 Å². The van der Waals surface area contributed by atoms with Crippen molar-refractivity contribution < 1.29 is 9.59 Å². The molecule has 53 heavy (non-hydrogen) atoms. The number of carbonyl (C=O) groups excluding carboxylic acids is 2. The van der Waals surface area contributed by atoms with Crippen LogP contribution in [0.1, 0.15) is 158 Å². The third-order valence-corrected chi connectivity index (χ3v) is 12.7. The molecule has 2 rings (SSSR count). The fourth-order valence-electron chi connectivity index (χ4n) is 6.62. The molecule has 0 fully saturated rings. The zero-order valence-electron chi connectivity index (χ0n) is 34.5. The first-order valence-corrected chi connectivity index (χ1v) is 23.1. The normalized spacial score (nSPS) is 15.5. The van der Waals surface area contributed by atoms with Gasteiger partial charge in [-0.2, -0.15) is 0 Å². The predicted molar refractivity (Wildman–Crippen MR) is 238 cm³/mol. The summed E-state index contributed by atoms with van der Waals surface area (Å²) in [6.45, 7) is 12.3. The molecule has 0 N–H and O–H groups in total. The third kappa shape index (κ3) is 21.4. The second-order valence-electron chi connectivity index (χ2n) is 15.9. The van der Waals surface area contributed by atoms with Crippen molar-refractivity contribution in [1.29, 1.82) is 0 Å². The monoisotopic (exact) mass is 760 g/mol. The maximum atomic E-state index is 13.4. The molecule has 0 bridgehead atoms. The van der Waals surface area contributed by atoms with E-state index >= 15 is 0 Å². The zero-order valence-corrected chi connectivity index (χ0v) is 36.2. The van der Waals surface area contributed by atoms with Crippen LogP contribution in [-0.4, -0.2) is 42.9 Å². The largest absolute Gasteiger partial charge is 0.306 e. The first-order chi connectivity index (χ1) is 25.6. The number of nitrogens with zero attached hydrogens (tertiary/aromatic N) is 1. The van der Waals surface area contributed by atoms with E-state index in [-0.39, 0.29) is 11.6 Å². The minimum atomic E-state index is -0.00467. The molecule has 1 aromatic carbocycles. The molecule has 0 aromatic heterocycles. The molecule has 0 saturated heterocycles. The van der Waals surface area contributed by atoms with E-state index in [1.807, 2.05) is 40.6 Å². The number of carbonyl (C=O) groups is 2. The Hall–Kier alpha value is -2.34. The molecule has 0 saturated carbocycles. The highest BCUT2D eigenvalue weighted by Gasteiger charge is 2.28. The fourth-order valence-corrected chi connectivity index (χ4v) is 9.06. The van der Waals surface area contributed by atoms with E-state index in [1.165, 1.54) is 82.0 Å². The van der Waals surface area contributed by atoms with Gasteiger partial charge in [-0.05, 0) is 88.6 Å². The lowest BCUT2D eigenvalue weighted by atomic mass is 9.83. The minimum absolute atomic E-state index is 0.00467. The van der Waals surface area contributed by atoms with Crippen molar-refractivity contribution in [3.05, 3.63) is 106 Å². The molecule has 294 valence electrons. The quantitative estimate of drug-likeness (QED) is 0.0352. The molecule has 5 heteroatoms. The number of unbranched alkanes of at least 4 members (excludes halogenated alkanes) is 4. The van der Waals surface area contributed by atoms with Crippen molar-refractivity contribution in [2.45, 2.75) is 137 Å². The molecule has 0 spiro atoms. The number of allylic oxidation sites excluding steroid dienone is 11. The van der Waals surface area contributed by atoms with E-state index in [4.69, 9.17) is 0 Å². The summed E-state index contributed by atoms with van der Waals surface area (Å²) < 4.78 is 0. The summed E-state index contributed by atoms with van der Waals surface area (Å²) >= 11 is 0. The summed E-state index contributed by atoms with van der Waals surface area (Å²) in [5.74, 6) is 3.54. The first-order valence-electron chi connectivity index (χ1n) is 20.7. The summed E-state index contributed by atoms with van der Waals surface area (Å²) in [7, 11) is 8.00. The minimum Gasteiger partial charge on any atom is -0.306 e. The van der Waals surface area contributed by atoms with Gasteiger partial charge >= 0.3 is 0 Å². The Morgan fingerprint density at radius 3 is 2.00 bits per heavy atom. The molecule has 1 aliphatic rings. The Morgan fingerprint density at radius 2 is 1.32 bits per heavy atom. The van der Waals surface area contributed by atoms with E-state index in [2.05, 4.69) is 101 Å². The van der Waals surface area contributed by atoms with E-state index in [0.717, 1.165) is 49.3 Å². The van der Waals surface area contributed by atoms with Gasteiger partial charge in [-0.15, -0.1) is 0 Å². The number of hydrogen-bond donors (Lipinski definition) is 0. The molecule has 2 atom stereocenters. The average molecular weight is 760 g/mol. The van der Waals surface area contributed by atoms with Crippen LogP contribution in [0.4, 0.5) is 0 Å². The highest BCUT2D eigenvalue weighted by Crippen LogP contribution is 2.37. The van der Waals surface area contributed by atoms with Gasteiger partial charge in [0.15, 0.2) is 11.6 Å². The van der Waals surface area contributed by atoms with Gasteiger partial charge in [0.2, 0.25) is 0 Å². The van der Waals surface area contributed by atoms with Crippen LogP contribution in [0.25, 0.3) is 0 Å². The first kappa shape index (κ1) is 46.8. The Morgan fingerprint density at radius 1 is 0.698 bits per heavy atom. The topological polar surface area (TPSA) is 37.4 Å². The lowest BCUT2D eigenvalue weighted by Crippen LogP contribution is -2.20. The Labute approximate surface area is 333 Å². The highest BCUT2D eigenvalue weighted by molar-refractivity contribution is 8.78. The molecule has 0 heterocycles. The smallest absolute Gasteiger partial charge is 0.190 e. The summed E-state index contributed by atoms with van der Waals surface area (Å²) in [4.78, 5) is 30.0. The van der Waals surface area contributed by atoms with Crippen LogP contribution in [-0.2, 0) is 0 Å². The van der Waals surface area contributed by atoms with Crippen molar-refractivity contribution in [2.24, 2.45) is 17.8 Å². The molecule has 3 nitrogen and oxygen atoms in total. The van der Waals surface area contributed by atoms with Crippen molar-refractivity contribution in [3.8, 4) is 0 Å². The van der Waals surface area contributed by atoms with Crippen LogP contribution in [0.3, 0.4) is 0 Å². The second kappa shape index (κ2) is 29.0. The van der Waals surface area contributed by atoms with E-state index in [9.17, 15) is 9.59 Å². The number of benzene rings is 1. The van der Waals surface area contributed by atoms with E-state index in [1.54, 1.807) is 12.1 Å². The van der Waals surface area contributed by atoms with E-state index in [0.29, 0.717) is 28.7 Å². The average Bonchev–Trinajstić information content (AvgIpc) is 3.12. The van der Waals surface area contributed by atoms with Crippen LogP contribution in [0, 0.1) is 17.8 Å². The van der Waals surface area contributed by atoms with Crippen molar-refractivity contribution in [1.82, 2.24) is 4.90 Å². The number of fused-ring (bicyclic) bond motifs is 1. The second-order valence-corrected chi connectivity index (χ2v) is 18.4. The number of likely N-dealkylation sites (N-methyl/N-ethyl adjacent to an activating group) is 1. The summed E-state index contributed by atoms with van der Waals surface area (Å²) in [6.07, 6.45) is 38.9. The van der Waals surface area contributed by atoms with Gasteiger partial charge in [0.1, 0.15) is 0 Å². The standard InChI is InChI=1S/C48H73NO2S2/c1-39(2)27-24-28-40(3)29-25-30-41(4)31-26-32-43(35-36-44-42(5)47(50)45-33-20-21-34-46(45)48(44)51)53-52-38-23-19-17-15-13-11-9-8-10-12-14-16-18-22-37-49(6)7/h9-12,14,16,18,20-22,33-35,39-41H,8,13,15,17,19,23-32,36-38H2,1-7H3/b11-9-,12-10+,16-14+,22-18+,43-35+. The van der Waals surface area contributed by atoms with Crippen LogP contribution in [0.15, 0.2) is 95.0 Å². The van der Waals surface area contributed by atoms with Crippen LogP contribution >= 0.6 is 21.6 Å². The molecule has 1 aromatic rings. The Balaban J connectivity index is 1.77. The SMILES string of the molecule is CC1=C(C/C=C(\CCCC(C)CCCC(C)CCCC(C)C)SSCCCCCC/C=C\C/C=C/C=C/C=C/CN(C)C)C(=O)c2ccccc2C1=O. The van der Waals surface area contributed by atoms with Crippen molar-refractivity contribution >= 4 is 33.2 Å². The molecule has 2 unspecified atom stereocenters. The molecule has 0 aliphatic heterocycles. The van der Waals surface area contributed by atoms with Gasteiger partial charge < -0.3 is 4.90 Å². The molecular weight excluding hydrogens is 687 g/mol. The lowest BCUT2D eigenvalue weighted by Gasteiger charge is -2.18. The van der Waals surface area contributed by atoms with E-state index < -0.39 is 0 Å². The molecule has 0 radical (unpaired) electrons. The van der Waals surface area contributed by atoms with Gasteiger partial charge in [0, 0.05) is 34.6 Å². The van der Waals surface area contributed by atoms with Gasteiger partial charge in [0.05, 0.1) is 0 Å². The number of rotatable bonds is 29. The van der Waals surface area contributed by atoms with Crippen LogP contribution < -0.4 is 0 Å². The maximum Gasteiger partial charge on any atom is 0.190 e.